The minimum atomic E-state index is -1.12. The Morgan fingerprint density at radius 3 is 2.57 bits per heavy atom. The molecule has 0 unspecified atom stereocenters. The van der Waals surface area contributed by atoms with E-state index in [4.69, 9.17) is 4.74 Å². The Morgan fingerprint density at radius 1 is 1.33 bits per heavy atom. The molecule has 2 heterocycles. The molecule has 1 fully saturated rings. The van der Waals surface area contributed by atoms with Crippen molar-refractivity contribution in [2.24, 2.45) is 5.92 Å². The van der Waals surface area contributed by atoms with Gasteiger partial charge in [-0.25, -0.2) is 14.6 Å². The molecule has 0 radical (unpaired) electrons. The number of alkyl carbamates (subject to hydrolysis) is 1. The number of thiazole rings is 1. The number of anilines is 1. The Bertz CT molecular complexity index is 740. The Kier molecular flexibility index (Phi) is 8.42. The average Bonchev–Trinajstić information content (AvgIpc) is 3.19. The maximum absolute atomic E-state index is 12.3. The molecule has 0 aromatic carbocycles. The number of esters is 1. The molecule has 1 aliphatic rings. The van der Waals surface area contributed by atoms with Gasteiger partial charge < -0.3 is 30.1 Å². The van der Waals surface area contributed by atoms with Gasteiger partial charge in [-0.05, 0) is 39.5 Å². The number of carbonyl (C=O) groups excluding carboxylic acids is 3. The van der Waals surface area contributed by atoms with Crippen molar-refractivity contribution in [1.82, 2.24) is 15.6 Å². The van der Waals surface area contributed by atoms with Crippen molar-refractivity contribution in [3.8, 4) is 0 Å². The van der Waals surface area contributed by atoms with E-state index in [0.29, 0.717) is 12.5 Å². The second-order valence-corrected chi connectivity index (χ2v) is 8.90. The molecule has 1 atom stereocenters. The van der Waals surface area contributed by atoms with E-state index >= 15 is 0 Å². The van der Waals surface area contributed by atoms with Gasteiger partial charge in [0.1, 0.15) is 11.3 Å². The van der Waals surface area contributed by atoms with E-state index < -0.39 is 36.2 Å². The third-order valence-corrected chi connectivity index (χ3v) is 5.42. The molecule has 2 rings (SSSR count). The lowest BCUT2D eigenvalue weighted by Crippen LogP contribution is -2.44. The van der Waals surface area contributed by atoms with Crippen molar-refractivity contribution in [2.45, 2.75) is 45.3 Å². The standard InChI is InChI=1S/C19H30N4O6S/c1-19(2,3)29-18(27)20-9-12-5-7-23(8-6-12)17-22-14(11-30-17)15(25)21-13(10-24)16(26)28-4/h11-13,24H,5-10H2,1-4H3,(H,20,27)(H,21,25)/t13-/m0/s1. The molecule has 0 spiro atoms. The summed E-state index contributed by atoms with van der Waals surface area (Å²) in [6, 6.07) is -1.12. The molecule has 1 aromatic rings. The largest absolute Gasteiger partial charge is 0.467 e. The zero-order chi connectivity index (χ0) is 22.3. The van der Waals surface area contributed by atoms with E-state index in [0.717, 1.165) is 31.1 Å². The maximum Gasteiger partial charge on any atom is 0.407 e. The van der Waals surface area contributed by atoms with Crippen molar-refractivity contribution in [3.63, 3.8) is 0 Å². The second kappa shape index (κ2) is 10.6. The molecule has 10 nitrogen and oxygen atoms in total. The summed E-state index contributed by atoms with van der Waals surface area (Å²) < 4.78 is 9.79. The van der Waals surface area contributed by atoms with E-state index in [1.165, 1.54) is 18.4 Å². The van der Waals surface area contributed by atoms with E-state index in [-0.39, 0.29) is 5.69 Å². The van der Waals surface area contributed by atoms with Crippen molar-refractivity contribution in [2.75, 3.05) is 38.3 Å². The molecular weight excluding hydrogens is 412 g/mol. The molecule has 1 saturated heterocycles. The maximum atomic E-state index is 12.3. The van der Waals surface area contributed by atoms with Crippen LogP contribution in [-0.4, -0.2) is 73.1 Å². The van der Waals surface area contributed by atoms with Crippen LogP contribution in [0.4, 0.5) is 9.93 Å². The van der Waals surface area contributed by atoms with Crippen LogP contribution in [0.1, 0.15) is 44.1 Å². The van der Waals surface area contributed by atoms with Crippen LogP contribution in [0.2, 0.25) is 0 Å². The van der Waals surface area contributed by atoms with Gasteiger partial charge >= 0.3 is 12.1 Å². The predicted molar refractivity (Wildman–Crippen MR) is 112 cm³/mol. The summed E-state index contributed by atoms with van der Waals surface area (Å²) in [6.07, 6.45) is 1.35. The van der Waals surface area contributed by atoms with Crippen LogP contribution in [0, 0.1) is 5.92 Å². The van der Waals surface area contributed by atoms with Gasteiger partial charge in [0, 0.05) is 25.0 Å². The third kappa shape index (κ3) is 7.13. The molecule has 3 N–H and O–H groups in total. The van der Waals surface area contributed by atoms with Gasteiger partial charge in [0.2, 0.25) is 0 Å². The van der Waals surface area contributed by atoms with Gasteiger partial charge in [0.05, 0.1) is 13.7 Å². The van der Waals surface area contributed by atoms with E-state index in [9.17, 15) is 19.5 Å². The van der Waals surface area contributed by atoms with Crippen LogP contribution in [0.5, 0.6) is 0 Å². The molecule has 30 heavy (non-hydrogen) atoms. The Morgan fingerprint density at radius 2 is 2.00 bits per heavy atom. The van der Waals surface area contributed by atoms with Crippen molar-refractivity contribution < 1.29 is 29.0 Å². The number of rotatable bonds is 7. The van der Waals surface area contributed by atoms with Crippen LogP contribution < -0.4 is 15.5 Å². The summed E-state index contributed by atoms with van der Waals surface area (Å²) in [5, 5.41) is 16.8. The molecular formula is C19H30N4O6S. The number of amides is 2. The van der Waals surface area contributed by atoms with Crippen LogP contribution in [0.25, 0.3) is 0 Å². The van der Waals surface area contributed by atoms with E-state index in [1.807, 2.05) is 20.8 Å². The highest BCUT2D eigenvalue weighted by Crippen LogP contribution is 2.26. The highest BCUT2D eigenvalue weighted by atomic mass is 32.1. The Labute approximate surface area is 179 Å². The van der Waals surface area contributed by atoms with Gasteiger partial charge in [0.15, 0.2) is 11.2 Å². The summed E-state index contributed by atoms with van der Waals surface area (Å²) in [6.45, 7) is 7.00. The number of nitrogens with one attached hydrogen (secondary N) is 2. The summed E-state index contributed by atoms with van der Waals surface area (Å²) in [5.74, 6) is -0.913. The zero-order valence-electron chi connectivity index (χ0n) is 17.8. The second-order valence-electron chi connectivity index (χ2n) is 8.06. The lowest BCUT2D eigenvalue weighted by atomic mass is 9.97. The molecule has 1 aromatic heterocycles. The number of nitrogens with zero attached hydrogens (tertiary/aromatic N) is 2. The van der Waals surface area contributed by atoms with Gasteiger partial charge in [-0.3, -0.25) is 4.79 Å². The molecule has 2 amide bonds. The first kappa shape index (κ1) is 23.9. The van der Waals surface area contributed by atoms with Crippen LogP contribution in [-0.2, 0) is 14.3 Å². The normalized spacial score (nSPS) is 16.0. The molecule has 11 heteroatoms. The molecule has 0 aliphatic carbocycles. The minimum Gasteiger partial charge on any atom is -0.467 e. The fourth-order valence-electron chi connectivity index (χ4n) is 2.94. The molecule has 168 valence electrons. The quantitative estimate of drug-likeness (QED) is 0.536. The first-order valence-electron chi connectivity index (χ1n) is 9.79. The summed E-state index contributed by atoms with van der Waals surface area (Å²) in [5.41, 5.74) is -0.331. The number of aliphatic hydroxyl groups excluding tert-OH is 1. The van der Waals surface area contributed by atoms with Crippen molar-refractivity contribution in [1.29, 1.82) is 0 Å². The molecule has 1 aliphatic heterocycles. The van der Waals surface area contributed by atoms with Crippen LogP contribution in [0.3, 0.4) is 0 Å². The molecule has 0 bridgehead atoms. The summed E-state index contributed by atoms with van der Waals surface area (Å²) >= 11 is 1.34. The van der Waals surface area contributed by atoms with Gasteiger partial charge in [-0.1, -0.05) is 0 Å². The first-order chi connectivity index (χ1) is 14.1. The minimum absolute atomic E-state index is 0.186. The third-order valence-electron chi connectivity index (χ3n) is 4.52. The fourth-order valence-corrected chi connectivity index (χ4v) is 3.80. The number of hydrogen-bond donors (Lipinski definition) is 3. The smallest absolute Gasteiger partial charge is 0.407 e. The SMILES string of the molecule is COC(=O)[C@H](CO)NC(=O)c1csc(N2CCC(CNC(=O)OC(C)(C)C)CC2)n1. The number of ether oxygens (including phenoxy) is 2. The summed E-state index contributed by atoms with van der Waals surface area (Å²) in [7, 11) is 1.19. The molecule has 0 saturated carbocycles. The Balaban J connectivity index is 1.81. The highest BCUT2D eigenvalue weighted by Gasteiger charge is 2.25. The fraction of sp³-hybridized carbons (Fsp3) is 0.684. The number of aliphatic hydroxyl groups is 1. The number of aromatic nitrogens is 1. The average molecular weight is 443 g/mol. The Hall–Kier alpha value is -2.40. The van der Waals surface area contributed by atoms with Crippen molar-refractivity contribution >= 4 is 34.4 Å². The highest BCUT2D eigenvalue weighted by molar-refractivity contribution is 7.13. The van der Waals surface area contributed by atoms with Crippen LogP contribution in [0.15, 0.2) is 5.38 Å². The van der Waals surface area contributed by atoms with Crippen molar-refractivity contribution in [3.05, 3.63) is 11.1 Å². The number of piperidine rings is 1. The van der Waals surface area contributed by atoms with Crippen LogP contribution >= 0.6 is 11.3 Å². The predicted octanol–water partition coefficient (Wildman–Crippen LogP) is 1.15. The number of carbonyl (C=O) groups is 3. The van der Waals surface area contributed by atoms with E-state index in [2.05, 4.69) is 25.3 Å². The monoisotopic (exact) mass is 442 g/mol. The lowest BCUT2D eigenvalue weighted by Gasteiger charge is -2.32. The zero-order valence-corrected chi connectivity index (χ0v) is 18.6. The summed E-state index contributed by atoms with van der Waals surface area (Å²) in [4.78, 5) is 42.0. The van der Waals surface area contributed by atoms with E-state index in [1.54, 1.807) is 5.38 Å². The van der Waals surface area contributed by atoms with Gasteiger partial charge in [0.25, 0.3) is 5.91 Å². The number of hydrogen-bond acceptors (Lipinski definition) is 9. The van der Waals surface area contributed by atoms with Gasteiger partial charge in [-0.2, -0.15) is 0 Å². The lowest BCUT2D eigenvalue weighted by molar-refractivity contribution is -0.143. The number of methoxy groups -OCH3 is 1. The topological polar surface area (TPSA) is 130 Å². The van der Waals surface area contributed by atoms with Gasteiger partial charge in [-0.15, -0.1) is 11.3 Å². The first-order valence-corrected chi connectivity index (χ1v) is 10.7.